The third-order valence-corrected chi connectivity index (χ3v) is 4.95. The van der Waals surface area contributed by atoms with Gasteiger partial charge >= 0.3 is 5.97 Å². The van der Waals surface area contributed by atoms with Gasteiger partial charge in [-0.05, 0) is 38.6 Å². The topological polar surface area (TPSA) is 69.6 Å². The molecule has 0 aliphatic carbocycles. The van der Waals surface area contributed by atoms with Gasteiger partial charge in [0.1, 0.15) is 6.04 Å². The van der Waals surface area contributed by atoms with Gasteiger partial charge in [0.2, 0.25) is 5.91 Å². The highest BCUT2D eigenvalue weighted by molar-refractivity contribution is 5.88. The Balaban J connectivity index is 2.22. The summed E-state index contributed by atoms with van der Waals surface area (Å²) in [5, 5.41) is 12.8. The van der Waals surface area contributed by atoms with Crippen molar-refractivity contribution in [2.45, 2.75) is 64.3 Å². The largest absolute Gasteiger partial charge is 0.480 e. The van der Waals surface area contributed by atoms with Gasteiger partial charge < -0.3 is 15.3 Å². The third-order valence-electron chi connectivity index (χ3n) is 4.95. The first-order valence-corrected chi connectivity index (χ1v) is 8.35. The molecule has 0 aromatic rings. The minimum atomic E-state index is -0.847. The molecule has 2 aliphatic heterocycles. The highest BCUT2D eigenvalue weighted by Crippen LogP contribution is 2.35. The number of rotatable bonds is 4. The normalized spacial score (nSPS) is 30.7. The molecule has 1 amide bonds. The van der Waals surface area contributed by atoms with Gasteiger partial charge in [0.15, 0.2) is 0 Å². The van der Waals surface area contributed by atoms with Crippen molar-refractivity contribution in [2.75, 3.05) is 19.6 Å². The average Bonchev–Trinajstić information content (AvgIpc) is 2.73. The number of hydrogen-bond donors (Lipinski definition) is 2. The van der Waals surface area contributed by atoms with Crippen LogP contribution >= 0.6 is 0 Å². The lowest BCUT2D eigenvalue weighted by Gasteiger charge is -2.41. The zero-order valence-corrected chi connectivity index (χ0v) is 13.1. The van der Waals surface area contributed by atoms with Crippen molar-refractivity contribution >= 4 is 11.9 Å². The Labute approximate surface area is 127 Å². The maximum Gasteiger partial charge on any atom is 0.326 e. The van der Waals surface area contributed by atoms with Gasteiger partial charge in [-0.15, -0.1) is 0 Å². The van der Waals surface area contributed by atoms with Crippen LogP contribution in [0.4, 0.5) is 0 Å². The smallest absolute Gasteiger partial charge is 0.326 e. The van der Waals surface area contributed by atoms with Crippen molar-refractivity contribution in [3.05, 3.63) is 0 Å². The Bertz CT molecular complexity index is 372. The molecule has 0 bridgehead atoms. The Hall–Kier alpha value is -1.10. The monoisotopic (exact) mass is 296 g/mol. The van der Waals surface area contributed by atoms with E-state index in [0.29, 0.717) is 19.5 Å². The van der Waals surface area contributed by atoms with E-state index in [-0.39, 0.29) is 11.3 Å². The van der Waals surface area contributed by atoms with E-state index in [2.05, 4.69) is 12.2 Å². The zero-order valence-electron chi connectivity index (χ0n) is 13.1. The van der Waals surface area contributed by atoms with E-state index in [1.807, 2.05) is 0 Å². The van der Waals surface area contributed by atoms with Crippen molar-refractivity contribution in [1.29, 1.82) is 0 Å². The van der Waals surface area contributed by atoms with Crippen LogP contribution in [0.1, 0.15) is 58.3 Å². The van der Waals surface area contributed by atoms with Crippen LogP contribution in [0.5, 0.6) is 0 Å². The molecular formula is C16H28N2O3. The van der Waals surface area contributed by atoms with E-state index >= 15 is 0 Å². The number of carbonyl (C=O) groups is 2. The number of nitrogens with zero attached hydrogens (tertiary/aromatic N) is 1. The number of carboxylic acid groups (broad SMARTS) is 1. The van der Waals surface area contributed by atoms with Crippen molar-refractivity contribution in [2.24, 2.45) is 5.41 Å². The molecule has 2 saturated heterocycles. The second kappa shape index (κ2) is 7.25. The van der Waals surface area contributed by atoms with E-state index < -0.39 is 12.0 Å². The van der Waals surface area contributed by atoms with Gasteiger partial charge in [0.25, 0.3) is 0 Å². The maximum atomic E-state index is 13.2. The summed E-state index contributed by atoms with van der Waals surface area (Å²) >= 11 is 0. The summed E-state index contributed by atoms with van der Waals surface area (Å²) in [4.78, 5) is 26.4. The second-order valence-electron chi connectivity index (χ2n) is 6.51. The lowest BCUT2D eigenvalue weighted by Crippen LogP contribution is -2.56. The van der Waals surface area contributed by atoms with Crippen LogP contribution in [0.3, 0.4) is 0 Å². The molecule has 2 rings (SSSR count). The van der Waals surface area contributed by atoms with Gasteiger partial charge in [-0.25, -0.2) is 4.79 Å². The number of likely N-dealkylation sites (tertiary alicyclic amines) is 1. The number of piperidine rings is 1. The van der Waals surface area contributed by atoms with Crippen LogP contribution in [-0.4, -0.2) is 47.6 Å². The first-order chi connectivity index (χ1) is 10.1. The van der Waals surface area contributed by atoms with Crippen molar-refractivity contribution < 1.29 is 14.7 Å². The quantitative estimate of drug-likeness (QED) is 0.832. The summed E-state index contributed by atoms with van der Waals surface area (Å²) in [5.74, 6) is -0.772. The molecule has 2 N–H and O–H groups in total. The van der Waals surface area contributed by atoms with E-state index in [4.69, 9.17) is 0 Å². The highest BCUT2D eigenvalue weighted by atomic mass is 16.4. The van der Waals surface area contributed by atoms with Crippen molar-refractivity contribution in [3.8, 4) is 0 Å². The Morgan fingerprint density at radius 2 is 2.10 bits per heavy atom. The fourth-order valence-corrected chi connectivity index (χ4v) is 3.86. The van der Waals surface area contributed by atoms with Crippen molar-refractivity contribution in [3.63, 3.8) is 0 Å². The number of amides is 1. The van der Waals surface area contributed by atoms with Gasteiger partial charge in [-0.3, -0.25) is 4.79 Å². The predicted octanol–water partition coefficient (Wildman–Crippen LogP) is 2.01. The number of nitrogens with one attached hydrogen (secondary N) is 1. The SMILES string of the molecule is CCCC1(C(=O)N2CCCCCC2C(=O)O)CCCNC1. The van der Waals surface area contributed by atoms with Crippen LogP contribution in [0.15, 0.2) is 0 Å². The summed E-state index contributed by atoms with van der Waals surface area (Å²) in [7, 11) is 0. The molecule has 5 heteroatoms. The minimum absolute atomic E-state index is 0.0749. The number of carboxylic acids is 1. The van der Waals surface area contributed by atoms with Gasteiger partial charge in [0.05, 0.1) is 5.41 Å². The minimum Gasteiger partial charge on any atom is -0.480 e. The highest BCUT2D eigenvalue weighted by Gasteiger charge is 2.44. The standard InChI is InChI=1S/C16H28N2O3/c1-2-8-16(9-6-10-17-12-16)15(21)18-11-5-3-4-7-13(18)14(19)20/h13,17H,2-12H2,1H3,(H,19,20). The van der Waals surface area contributed by atoms with Crippen LogP contribution < -0.4 is 5.32 Å². The fraction of sp³-hybridized carbons (Fsp3) is 0.875. The summed E-state index contributed by atoms with van der Waals surface area (Å²) in [6.45, 7) is 4.35. The van der Waals surface area contributed by atoms with Crippen molar-refractivity contribution in [1.82, 2.24) is 10.2 Å². The molecule has 21 heavy (non-hydrogen) atoms. The predicted molar refractivity (Wildman–Crippen MR) is 81.0 cm³/mol. The van der Waals surface area contributed by atoms with Gasteiger partial charge in [0, 0.05) is 13.1 Å². The molecule has 2 aliphatic rings. The second-order valence-corrected chi connectivity index (χ2v) is 6.51. The summed E-state index contributed by atoms with van der Waals surface area (Å²) in [5.41, 5.74) is -0.384. The number of carbonyl (C=O) groups excluding carboxylic acids is 1. The molecule has 2 atom stereocenters. The average molecular weight is 296 g/mol. The first-order valence-electron chi connectivity index (χ1n) is 8.35. The molecule has 2 heterocycles. The maximum absolute atomic E-state index is 13.2. The summed E-state index contributed by atoms with van der Waals surface area (Å²) in [6, 6.07) is -0.629. The lowest BCUT2D eigenvalue weighted by molar-refractivity contribution is -0.156. The Kier molecular flexibility index (Phi) is 5.62. The van der Waals surface area contributed by atoms with Crippen LogP contribution in [-0.2, 0) is 9.59 Å². The summed E-state index contributed by atoms with van der Waals surface area (Å²) < 4.78 is 0. The molecule has 2 fully saturated rings. The molecule has 0 aromatic carbocycles. The molecule has 0 spiro atoms. The first kappa shape index (κ1) is 16.3. The summed E-state index contributed by atoms with van der Waals surface area (Å²) in [6.07, 6.45) is 7.13. The molecule has 0 radical (unpaired) electrons. The van der Waals surface area contributed by atoms with Crippen LogP contribution in [0.2, 0.25) is 0 Å². The molecule has 5 nitrogen and oxygen atoms in total. The van der Waals surface area contributed by atoms with Gasteiger partial charge in [-0.1, -0.05) is 26.2 Å². The number of hydrogen-bond acceptors (Lipinski definition) is 3. The van der Waals surface area contributed by atoms with Crippen LogP contribution in [0.25, 0.3) is 0 Å². The van der Waals surface area contributed by atoms with E-state index in [1.165, 1.54) is 0 Å². The van der Waals surface area contributed by atoms with Gasteiger partial charge in [-0.2, -0.15) is 0 Å². The fourth-order valence-electron chi connectivity index (χ4n) is 3.86. The molecule has 0 saturated carbocycles. The molecule has 2 unspecified atom stereocenters. The Morgan fingerprint density at radius 1 is 1.29 bits per heavy atom. The number of aliphatic carboxylic acids is 1. The van der Waals surface area contributed by atoms with E-state index in [1.54, 1.807) is 4.90 Å². The molecule has 0 aromatic heterocycles. The Morgan fingerprint density at radius 3 is 2.71 bits per heavy atom. The lowest BCUT2D eigenvalue weighted by atomic mass is 9.75. The molecule has 120 valence electrons. The van der Waals surface area contributed by atoms with Crippen LogP contribution in [0, 0.1) is 5.41 Å². The third kappa shape index (κ3) is 3.57. The molecular weight excluding hydrogens is 268 g/mol. The zero-order chi connectivity index (χ0) is 15.3. The van der Waals surface area contributed by atoms with E-state index in [0.717, 1.165) is 51.5 Å². The van der Waals surface area contributed by atoms with E-state index in [9.17, 15) is 14.7 Å².